The summed E-state index contributed by atoms with van der Waals surface area (Å²) in [5.74, 6) is 0.973. The van der Waals surface area contributed by atoms with Gasteiger partial charge in [0.05, 0.1) is 35.8 Å². The summed E-state index contributed by atoms with van der Waals surface area (Å²) in [5, 5.41) is 6.82. The number of hydrogen-bond acceptors (Lipinski definition) is 9. The predicted octanol–water partition coefficient (Wildman–Crippen LogP) is 5.85. The summed E-state index contributed by atoms with van der Waals surface area (Å²) >= 11 is 1.44. The highest BCUT2D eigenvalue weighted by atomic mass is 32.2. The van der Waals surface area contributed by atoms with Crippen molar-refractivity contribution in [3.05, 3.63) is 100 Å². The van der Waals surface area contributed by atoms with E-state index in [4.69, 9.17) is 9.47 Å². The molecule has 8 nitrogen and oxygen atoms in total. The number of ketones is 1. The van der Waals surface area contributed by atoms with Crippen molar-refractivity contribution in [3.63, 3.8) is 0 Å². The van der Waals surface area contributed by atoms with Gasteiger partial charge in [0.1, 0.15) is 17.3 Å². The summed E-state index contributed by atoms with van der Waals surface area (Å²) in [6.45, 7) is 0. The number of ether oxygens (including phenoxy) is 2. The van der Waals surface area contributed by atoms with Gasteiger partial charge in [-0.15, -0.1) is 0 Å². The molecule has 0 fully saturated rings. The molecule has 2 aromatic heterocycles. The first kappa shape index (κ1) is 26.3. The highest BCUT2D eigenvalue weighted by Gasteiger charge is 2.22. The van der Waals surface area contributed by atoms with Gasteiger partial charge in [0.15, 0.2) is 21.4 Å². The maximum absolute atomic E-state index is 13.6. The second kappa shape index (κ2) is 11.2. The van der Waals surface area contributed by atoms with Crippen molar-refractivity contribution in [2.24, 2.45) is 0 Å². The van der Waals surface area contributed by atoms with Crippen LogP contribution >= 0.6 is 11.3 Å². The van der Waals surface area contributed by atoms with Crippen molar-refractivity contribution in [1.82, 2.24) is 9.97 Å². The molecule has 0 unspecified atom stereocenters. The maximum Gasteiger partial charge on any atom is 0.184 e. The molecule has 0 spiro atoms. The first-order valence-corrected chi connectivity index (χ1v) is 14.6. The number of aromatic nitrogens is 2. The molecule has 3 aromatic carbocycles. The van der Waals surface area contributed by atoms with Gasteiger partial charge < -0.3 is 14.8 Å². The van der Waals surface area contributed by atoms with Gasteiger partial charge in [0.25, 0.3) is 0 Å². The molecular weight excluding hydrogens is 534 g/mol. The Balaban J connectivity index is 1.49. The molecule has 2 heterocycles. The number of methoxy groups -OCH3 is 2. The van der Waals surface area contributed by atoms with Crippen molar-refractivity contribution in [2.45, 2.75) is 17.1 Å². The lowest BCUT2D eigenvalue weighted by Gasteiger charge is -2.14. The van der Waals surface area contributed by atoms with Gasteiger partial charge in [-0.2, -0.15) is 11.3 Å². The predicted molar refractivity (Wildman–Crippen MR) is 152 cm³/mol. The minimum atomic E-state index is -3.84. The van der Waals surface area contributed by atoms with E-state index in [1.807, 2.05) is 23.6 Å². The zero-order valence-electron chi connectivity index (χ0n) is 21.2. The first-order valence-electron chi connectivity index (χ1n) is 12.0. The summed E-state index contributed by atoms with van der Waals surface area (Å²) in [4.78, 5) is 22.0. The smallest absolute Gasteiger partial charge is 0.184 e. The summed E-state index contributed by atoms with van der Waals surface area (Å²) in [6.07, 6.45) is 0.111. The Morgan fingerprint density at radius 3 is 2.28 bits per heavy atom. The fraction of sp³-hybridized carbons (Fsp3) is 0.138. The third-order valence-electron chi connectivity index (χ3n) is 6.05. The number of nitrogens with zero attached hydrogens (tertiary/aromatic N) is 2. The van der Waals surface area contributed by atoms with Crippen LogP contribution in [0.15, 0.2) is 88.5 Å². The second-order valence-corrected chi connectivity index (χ2v) is 11.5. The number of anilines is 2. The van der Waals surface area contributed by atoms with Crippen LogP contribution in [0.25, 0.3) is 11.0 Å². The molecule has 0 bridgehead atoms. The molecular formula is C29H25N3O5S2. The molecule has 1 N–H and O–H groups in total. The fourth-order valence-corrected chi connectivity index (χ4v) is 6.08. The van der Waals surface area contributed by atoms with Crippen molar-refractivity contribution in [3.8, 4) is 11.5 Å². The van der Waals surface area contributed by atoms with Crippen LogP contribution in [0.2, 0.25) is 0 Å². The Kier molecular flexibility index (Phi) is 7.58. The second-order valence-electron chi connectivity index (χ2n) is 8.75. The molecule has 5 aromatic rings. The monoisotopic (exact) mass is 559 g/mol. The van der Waals surface area contributed by atoms with E-state index in [0.717, 1.165) is 0 Å². The van der Waals surface area contributed by atoms with Gasteiger partial charge >= 0.3 is 0 Å². The Bertz CT molecular complexity index is 1730. The first-order chi connectivity index (χ1) is 18.8. The minimum absolute atomic E-state index is 0.0635. The molecule has 5 rings (SSSR count). The Morgan fingerprint density at radius 2 is 1.62 bits per heavy atom. The standard InChI is InChI=1S/C29H25N3O5S2/c1-36-22-14-21(15-23(16-22)37-2)30-29-27(31-25-8-3-4-9-26(25)32-29)18-39(34,35)24-7-5-6-19(12-24)13-28(33)20-10-11-38-17-20/h3-12,14-17H,13,18H2,1-2H3,(H,30,32). The molecule has 0 radical (unpaired) electrons. The Labute approximate surface area is 230 Å². The van der Waals surface area contributed by atoms with Gasteiger partial charge in [-0.3, -0.25) is 4.79 Å². The zero-order chi connectivity index (χ0) is 27.4. The van der Waals surface area contributed by atoms with E-state index in [9.17, 15) is 13.2 Å². The number of fused-ring (bicyclic) bond motifs is 1. The maximum atomic E-state index is 13.6. The number of benzene rings is 3. The molecule has 0 saturated heterocycles. The lowest BCUT2D eigenvalue weighted by atomic mass is 10.1. The van der Waals surface area contributed by atoms with Crippen LogP contribution < -0.4 is 14.8 Å². The van der Waals surface area contributed by atoms with E-state index in [0.29, 0.717) is 45.2 Å². The van der Waals surface area contributed by atoms with Crippen molar-refractivity contribution < 1.29 is 22.7 Å². The van der Waals surface area contributed by atoms with E-state index in [1.165, 1.54) is 17.4 Å². The number of sulfone groups is 1. The lowest BCUT2D eigenvalue weighted by molar-refractivity contribution is 0.0993. The average Bonchev–Trinajstić information content (AvgIpc) is 3.48. The molecule has 0 aliphatic rings. The van der Waals surface area contributed by atoms with Crippen LogP contribution in [0.4, 0.5) is 11.5 Å². The molecule has 0 atom stereocenters. The number of rotatable bonds is 10. The summed E-state index contributed by atoms with van der Waals surface area (Å²) in [7, 11) is -0.736. The van der Waals surface area contributed by atoms with Gasteiger partial charge in [0, 0.05) is 41.3 Å². The number of carbonyl (C=O) groups is 1. The lowest BCUT2D eigenvalue weighted by Crippen LogP contribution is -2.11. The number of carbonyl (C=O) groups excluding carboxylic acids is 1. The molecule has 39 heavy (non-hydrogen) atoms. The Morgan fingerprint density at radius 1 is 0.897 bits per heavy atom. The molecule has 0 aliphatic carbocycles. The molecule has 198 valence electrons. The minimum Gasteiger partial charge on any atom is -0.497 e. The third-order valence-corrected chi connectivity index (χ3v) is 8.36. The van der Waals surface area contributed by atoms with Crippen LogP contribution in [0, 0.1) is 0 Å². The van der Waals surface area contributed by atoms with Crippen LogP contribution in [-0.4, -0.2) is 38.4 Å². The number of nitrogens with one attached hydrogen (secondary N) is 1. The highest BCUT2D eigenvalue weighted by Crippen LogP contribution is 2.30. The number of para-hydroxylation sites is 2. The average molecular weight is 560 g/mol. The van der Waals surface area contributed by atoms with Crippen molar-refractivity contribution >= 4 is 49.5 Å². The van der Waals surface area contributed by atoms with Crippen molar-refractivity contribution in [1.29, 1.82) is 0 Å². The topological polar surface area (TPSA) is 107 Å². The number of thiophene rings is 1. The van der Waals surface area contributed by atoms with E-state index in [-0.39, 0.29) is 22.8 Å². The van der Waals surface area contributed by atoms with Gasteiger partial charge in [0.2, 0.25) is 0 Å². The molecule has 10 heteroatoms. The van der Waals surface area contributed by atoms with Crippen LogP contribution in [0.5, 0.6) is 11.5 Å². The normalized spacial score (nSPS) is 11.3. The molecule has 0 amide bonds. The summed E-state index contributed by atoms with van der Waals surface area (Å²) in [5.41, 5.74) is 3.29. The Hall–Kier alpha value is -4.28. The largest absolute Gasteiger partial charge is 0.497 e. The van der Waals surface area contributed by atoms with Crippen molar-refractivity contribution in [2.75, 3.05) is 19.5 Å². The molecule has 0 aliphatic heterocycles. The van der Waals surface area contributed by atoms with E-state index >= 15 is 0 Å². The number of Topliss-reactive ketones (excluding diaryl/α,β-unsaturated/α-hetero) is 1. The zero-order valence-corrected chi connectivity index (χ0v) is 22.9. The summed E-state index contributed by atoms with van der Waals surface area (Å²) < 4.78 is 37.9. The fourth-order valence-electron chi connectivity index (χ4n) is 4.08. The van der Waals surface area contributed by atoms with E-state index < -0.39 is 15.6 Å². The van der Waals surface area contributed by atoms with Gasteiger partial charge in [-0.05, 0) is 41.3 Å². The highest BCUT2D eigenvalue weighted by molar-refractivity contribution is 7.90. The molecule has 0 saturated carbocycles. The van der Waals surface area contributed by atoms with Crippen LogP contribution in [-0.2, 0) is 22.0 Å². The van der Waals surface area contributed by atoms with Gasteiger partial charge in [-0.25, -0.2) is 18.4 Å². The van der Waals surface area contributed by atoms with E-state index in [2.05, 4.69) is 15.3 Å². The van der Waals surface area contributed by atoms with E-state index in [1.54, 1.807) is 68.1 Å². The SMILES string of the molecule is COc1cc(Nc2nc3ccccc3nc2CS(=O)(=O)c2cccc(CC(=O)c3ccsc3)c2)cc(OC)c1. The number of hydrogen-bond donors (Lipinski definition) is 1. The third kappa shape index (κ3) is 6.08. The van der Waals surface area contributed by atoms with Crippen LogP contribution in [0.3, 0.4) is 0 Å². The summed E-state index contributed by atoms with van der Waals surface area (Å²) in [6, 6.07) is 20.8. The quantitative estimate of drug-likeness (QED) is 0.212. The van der Waals surface area contributed by atoms with Crippen LogP contribution in [0.1, 0.15) is 21.6 Å². The van der Waals surface area contributed by atoms with Gasteiger partial charge in [-0.1, -0.05) is 24.3 Å².